The zero-order valence-electron chi connectivity index (χ0n) is 14.3. The highest BCUT2D eigenvalue weighted by Crippen LogP contribution is 2.37. The van der Waals surface area contributed by atoms with E-state index in [-0.39, 0.29) is 17.1 Å². The molecule has 1 aromatic heterocycles. The molecular formula is C14H12F3N5O6. The van der Waals surface area contributed by atoms with E-state index in [0.29, 0.717) is 4.68 Å². The number of halogens is 3. The summed E-state index contributed by atoms with van der Waals surface area (Å²) in [5.74, 6) is -0.841. The van der Waals surface area contributed by atoms with Gasteiger partial charge < -0.3 is 10.1 Å². The number of nitro benzene ring substituents is 1. The maximum atomic E-state index is 12.9. The highest BCUT2D eigenvalue weighted by atomic mass is 19.4. The van der Waals surface area contributed by atoms with Gasteiger partial charge in [-0.2, -0.15) is 18.3 Å². The van der Waals surface area contributed by atoms with Gasteiger partial charge in [0, 0.05) is 12.1 Å². The van der Waals surface area contributed by atoms with E-state index in [2.05, 4.69) is 10.4 Å². The van der Waals surface area contributed by atoms with Crippen LogP contribution in [0, 0.1) is 27.2 Å². The molecule has 2 rings (SSSR count). The Morgan fingerprint density at radius 3 is 2.36 bits per heavy atom. The minimum atomic E-state index is -5.08. The van der Waals surface area contributed by atoms with E-state index in [9.17, 15) is 38.2 Å². The number of anilines is 1. The van der Waals surface area contributed by atoms with E-state index in [4.69, 9.17) is 4.74 Å². The van der Waals surface area contributed by atoms with Gasteiger partial charge in [-0.15, -0.1) is 0 Å². The summed E-state index contributed by atoms with van der Waals surface area (Å²) in [6.07, 6.45) is -5.08. The van der Waals surface area contributed by atoms with Crippen molar-refractivity contribution < 1.29 is 32.5 Å². The van der Waals surface area contributed by atoms with Gasteiger partial charge in [-0.05, 0) is 6.92 Å². The number of non-ortho nitro benzene ring substituents is 1. The van der Waals surface area contributed by atoms with Crippen LogP contribution in [0.25, 0.3) is 0 Å². The van der Waals surface area contributed by atoms with Crippen LogP contribution in [0.5, 0.6) is 5.75 Å². The SMILES string of the molecule is COc1cc(NC(=O)Cn2nc(C(F)(F)F)c([N+](=O)[O-])c2C)cc([N+](=O)[O-])c1. The standard InChI is InChI=1S/C14H12F3N5O6/c1-7-12(22(26)27)13(14(15,16)17)19-20(7)6-11(23)18-8-3-9(21(24)25)5-10(4-8)28-2/h3-5H,6H2,1-2H3,(H,18,23). The fraction of sp³-hybridized carbons (Fsp3) is 0.286. The van der Waals surface area contributed by atoms with Crippen molar-refractivity contribution in [1.82, 2.24) is 9.78 Å². The summed E-state index contributed by atoms with van der Waals surface area (Å²) in [4.78, 5) is 32.0. The van der Waals surface area contributed by atoms with Gasteiger partial charge in [0.2, 0.25) is 11.6 Å². The number of aromatic nitrogens is 2. The van der Waals surface area contributed by atoms with Crippen LogP contribution in [0.4, 0.5) is 30.2 Å². The molecule has 1 aromatic carbocycles. The van der Waals surface area contributed by atoms with Gasteiger partial charge >= 0.3 is 11.9 Å². The van der Waals surface area contributed by atoms with Crippen molar-refractivity contribution in [2.45, 2.75) is 19.6 Å². The number of nitrogens with zero attached hydrogens (tertiary/aromatic N) is 4. The Labute approximate surface area is 154 Å². The van der Waals surface area contributed by atoms with Crippen molar-refractivity contribution in [2.75, 3.05) is 12.4 Å². The molecule has 0 unspecified atom stereocenters. The van der Waals surface area contributed by atoms with Crippen molar-refractivity contribution in [3.8, 4) is 5.75 Å². The first kappa shape index (κ1) is 20.6. The van der Waals surface area contributed by atoms with Crippen molar-refractivity contribution in [2.24, 2.45) is 0 Å². The lowest BCUT2D eigenvalue weighted by molar-refractivity contribution is -0.388. The molecule has 0 spiro atoms. The van der Waals surface area contributed by atoms with Gasteiger partial charge in [0.1, 0.15) is 18.0 Å². The number of carbonyl (C=O) groups is 1. The van der Waals surface area contributed by atoms with Gasteiger partial charge in [-0.1, -0.05) is 0 Å². The number of benzene rings is 1. The second-order valence-electron chi connectivity index (χ2n) is 5.42. The second kappa shape index (κ2) is 7.50. The summed E-state index contributed by atoms with van der Waals surface area (Å²) >= 11 is 0. The van der Waals surface area contributed by atoms with Gasteiger partial charge in [-0.25, -0.2) is 0 Å². The number of nitrogens with one attached hydrogen (secondary N) is 1. The van der Waals surface area contributed by atoms with Crippen molar-refractivity contribution in [3.63, 3.8) is 0 Å². The summed E-state index contributed by atoms with van der Waals surface area (Å²) in [5.41, 5.74) is -3.88. The van der Waals surface area contributed by atoms with E-state index in [1.54, 1.807) is 0 Å². The third kappa shape index (κ3) is 4.33. The molecule has 28 heavy (non-hydrogen) atoms. The van der Waals surface area contributed by atoms with Crippen LogP contribution in [0.1, 0.15) is 11.4 Å². The number of alkyl halides is 3. The smallest absolute Gasteiger partial charge is 0.442 e. The lowest BCUT2D eigenvalue weighted by Crippen LogP contribution is -2.21. The molecule has 0 saturated carbocycles. The zero-order valence-corrected chi connectivity index (χ0v) is 14.3. The Kier molecular flexibility index (Phi) is 5.51. The van der Waals surface area contributed by atoms with Crippen LogP contribution in [0.2, 0.25) is 0 Å². The number of methoxy groups -OCH3 is 1. The van der Waals surface area contributed by atoms with Crippen LogP contribution in [-0.4, -0.2) is 32.6 Å². The molecule has 1 heterocycles. The van der Waals surface area contributed by atoms with E-state index < -0.39 is 45.6 Å². The highest BCUT2D eigenvalue weighted by Gasteiger charge is 2.44. The Morgan fingerprint density at radius 2 is 1.89 bits per heavy atom. The predicted molar refractivity (Wildman–Crippen MR) is 86.9 cm³/mol. The number of amides is 1. The molecule has 1 amide bonds. The van der Waals surface area contributed by atoms with Gasteiger partial charge in [0.25, 0.3) is 5.69 Å². The minimum absolute atomic E-state index is 0.0496. The molecular weight excluding hydrogens is 391 g/mol. The number of ether oxygens (including phenoxy) is 1. The van der Waals surface area contributed by atoms with E-state index >= 15 is 0 Å². The van der Waals surface area contributed by atoms with Crippen LogP contribution in [0.15, 0.2) is 18.2 Å². The lowest BCUT2D eigenvalue weighted by atomic mass is 10.2. The average molecular weight is 403 g/mol. The molecule has 0 fully saturated rings. The topological polar surface area (TPSA) is 142 Å². The van der Waals surface area contributed by atoms with Crippen molar-refractivity contribution in [1.29, 1.82) is 0 Å². The number of rotatable bonds is 6. The quantitative estimate of drug-likeness (QED) is 0.577. The first-order chi connectivity index (χ1) is 12.9. The number of hydrogen-bond donors (Lipinski definition) is 1. The maximum absolute atomic E-state index is 12.9. The van der Waals surface area contributed by atoms with Gasteiger partial charge in [0.05, 0.1) is 28.7 Å². The number of hydrogen-bond acceptors (Lipinski definition) is 7. The summed E-state index contributed by atoms with van der Waals surface area (Å²) in [7, 11) is 1.25. The first-order valence-corrected chi connectivity index (χ1v) is 7.36. The van der Waals surface area contributed by atoms with Crippen LogP contribution in [0.3, 0.4) is 0 Å². The summed E-state index contributed by atoms with van der Waals surface area (Å²) in [5, 5.41) is 27.2. The van der Waals surface area contributed by atoms with Crippen molar-refractivity contribution >= 4 is 23.0 Å². The second-order valence-corrected chi connectivity index (χ2v) is 5.42. The number of carbonyl (C=O) groups excluding carboxylic acids is 1. The first-order valence-electron chi connectivity index (χ1n) is 7.36. The average Bonchev–Trinajstić information content (AvgIpc) is 2.91. The molecule has 0 aliphatic carbocycles. The van der Waals surface area contributed by atoms with Crippen LogP contribution in [-0.2, 0) is 17.5 Å². The molecule has 0 bridgehead atoms. The summed E-state index contributed by atoms with van der Waals surface area (Å²) in [6.45, 7) is 0.234. The van der Waals surface area contributed by atoms with Crippen molar-refractivity contribution in [3.05, 3.63) is 49.8 Å². The lowest BCUT2D eigenvalue weighted by Gasteiger charge is -2.08. The molecule has 14 heteroatoms. The Bertz CT molecular complexity index is 956. The third-order valence-electron chi connectivity index (χ3n) is 3.54. The van der Waals surface area contributed by atoms with Crippen LogP contribution >= 0.6 is 0 Å². The molecule has 2 aromatic rings. The van der Waals surface area contributed by atoms with E-state index in [1.807, 2.05) is 0 Å². The predicted octanol–water partition coefficient (Wildman–Crippen LogP) is 2.67. The maximum Gasteiger partial charge on any atom is 0.442 e. The Morgan fingerprint density at radius 1 is 1.25 bits per heavy atom. The minimum Gasteiger partial charge on any atom is -0.496 e. The number of nitro groups is 2. The molecule has 11 nitrogen and oxygen atoms in total. The highest BCUT2D eigenvalue weighted by molar-refractivity contribution is 5.91. The largest absolute Gasteiger partial charge is 0.496 e. The van der Waals surface area contributed by atoms with Crippen LogP contribution < -0.4 is 10.1 Å². The Balaban J connectivity index is 2.30. The third-order valence-corrected chi connectivity index (χ3v) is 3.54. The normalized spacial score (nSPS) is 11.2. The van der Waals surface area contributed by atoms with E-state index in [1.165, 1.54) is 13.2 Å². The molecule has 0 aliphatic heterocycles. The fourth-order valence-electron chi connectivity index (χ4n) is 2.32. The van der Waals surface area contributed by atoms with Gasteiger partial charge in [0.15, 0.2) is 0 Å². The molecule has 0 saturated heterocycles. The van der Waals surface area contributed by atoms with Gasteiger partial charge in [-0.3, -0.25) is 29.7 Å². The summed E-state index contributed by atoms with van der Waals surface area (Å²) < 4.78 is 44.2. The molecule has 0 radical (unpaired) electrons. The zero-order chi connectivity index (χ0) is 21.2. The summed E-state index contributed by atoms with van der Waals surface area (Å²) in [6, 6.07) is 3.37. The molecule has 150 valence electrons. The molecule has 0 atom stereocenters. The monoisotopic (exact) mass is 403 g/mol. The van der Waals surface area contributed by atoms with E-state index in [0.717, 1.165) is 19.1 Å². The fourth-order valence-corrected chi connectivity index (χ4v) is 2.32. The Hall–Kier alpha value is -3.71. The molecule has 1 N–H and O–H groups in total. The molecule has 0 aliphatic rings.